The van der Waals surface area contributed by atoms with Crippen molar-refractivity contribution in [2.24, 2.45) is 5.92 Å². The summed E-state index contributed by atoms with van der Waals surface area (Å²) in [5.41, 5.74) is 1.74. The molecule has 6 rings (SSSR count). The van der Waals surface area contributed by atoms with E-state index in [2.05, 4.69) is 21.2 Å². The van der Waals surface area contributed by atoms with Crippen molar-refractivity contribution >= 4 is 74.1 Å². The van der Waals surface area contributed by atoms with Crippen molar-refractivity contribution in [1.29, 1.82) is 0 Å². The van der Waals surface area contributed by atoms with Crippen molar-refractivity contribution in [2.75, 3.05) is 23.9 Å². The fourth-order valence-electron chi connectivity index (χ4n) is 5.59. The molecule has 1 aromatic heterocycles. The summed E-state index contributed by atoms with van der Waals surface area (Å²) in [5.74, 6) is -3.34. The first-order valence-electron chi connectivity index (χ1n) is 14.1. The highest BCUT2D eigenvalue weighted by molar-refractivity contribution is 9.10. The van der Waals surface area contributed by atoms with Gasteiger partial charge in [-0.1, -0.05) is 45.1 Å². The number of phenols is 1. The molecule has 3 unspecified atom stereocenters. The molecule has 11 nitrogen and oxygen atoms in total. The first-order valence-corrected chi connectivity index (χ1v) is 16.6. The van der Waals surface area contributed by atoms with Gasteiger partial charge in [-0.15, -0.1) is 0 Å². The molecule has 0 saturated carbocycles. The fourth-order valence-corrected chi connectivity index (χ4v) is 8.63. The fraction of sp³-hybridized carbons (Fsp3) is 0.219. The third-order valence-electron chi connectivity index (χ3n) is 7.68. The quantitative estimate of drug-likeness (QED) is 0.190. The molecule has 2 aliphatic heterocycles. The predicted molar refractivity (Wildman–Crippen MR) is 176 cm³/mol. The number of esters is 1. The van der Waals surface area contributed by atoms with Crippen LogP contribution in [0.3, 0.4) is 0 Å². The van der Waals surface area contributed by atoms with Crippen molar-refractivity contribution in [2.45, 2.75) is 29.7 Å². The molecule has 1 saturated heterocycles. The molecule has 14 heteroatoms. The van der Waals surface area contributed by atoms with E-state index < -0.39 is 45.6 Å². The summed E-state index contributed by atoms with van der Waals surface area (Å²) in [6, 6.07) is 17.7. The Bertz CT molecular complexity index is 1920. The van der Waals surface area contributed by atoms with Gasteiger partial charge in [0.2, 0.25) is 17.7 Å². The third-order valence-corrected chi connectivity index (χ3v) is 10.8. The number of methoxy groups -OCH3 is 1. The minimum Gasteiger partial charge on any atom is -0.504 e. The number of aromatic hydroxyl groups is 1. The summed E-state index contributed by atoms with van der Waals surface area (Å²) in [5, 5.41) is 12.6. The van der Waals surface area contributed by atoms with Gasteiger partial charge < -0.3 is 19.9 Å². The molecule has 0 spiro atoms. The molecule has 2 aliphatic rings. The van der Waals surface area contributed by atoms with Crippen LogP contribution in [-0.4, -0.2) is 52.3 Å². The van der Waals surface area contributed by atoms with E-state index in [1.165, 1.54) is 34.8 Å². The largest absolute Gasteiger partial charge is 0.504 e. The van der Waals surface area contributed by atoms with Crippen molar-refractivity contribution in [3.63, 3.8) is 0 Å². The summed E-state index contributed by atoms with van der Waals surface area (Å²) in [6.07, 6.45) is 0. The summed E-state index contributed by atoms with van der Waals surface area (Å²) in [7, 11) is 1.40. The minimum atomic E-state index is -0.882. The first-order chi connectivity index (χ1) is 22.1. The second-order valence-corrected chi connectivity index (χ2v) is 13.5. The zero-order valence-electron chi connectivity index (χ0n) is 24.4. The Labute approximate surface area is 279 Å². The number of imide groups is 1. The number of hydrogen-bond donors (Lipinski definition) is 2. The molecule has 3 atom stereocenters. The highest BCUT2D eigenvalue weighted by Crippen LogP contribution is 2.54. The van der Waals surface area contributed by atoms with Gasteiger partial charge in [-0.3, -0.25) is 23.7 Å². The van der Waals surface area contributed by atoms with Crippen LogP contribution in [0, 0.1) is 5.92 Å². The maximum atomic E-state index is 14.1. The molecule has 1 fully saturated rings. The van der Waals surface area contributed by atoms with Gasteiger partial charge in [-0.25, -0.2) is 9.69 Å². The molecule has 236 valence electrons. The lowest BCUT2D eigenvalue weighted by Crippen LogP contribution is -2.33. The van der Waals surface area contributed by atoms with E-state index in [0.717, 1.165) is 27.6 Å². The van der Waals surface area contributed by atoms with Gasteiger partial charge in [-0.05, 0) is 73.2 Å². The molecule has 3 amide bonds. The minimum absolute atomic E-state index is 0.101. The second-order valence-electron chi connectivity index (χ2n) is 10.4. The predicted octanol–water partition coefficient (Wildman–Crippen LogP) is 5.00. The van der Waals surface area contributed by atoms with Crippen molar-refractivity contribution < 1.29 is 33.8 Å². The molecule has 3 heterocycles. The Balaban J connectivity index is 1.36. The monoisotopic (exact) mass is 723 g/mol. The average molecular weight is 725 g/mol. The number of thiazole rings is 1. The zero-order chi connectivity index (χ0) is 32.7. The number of fused-ring (bicyclic) bond motifs is 2. The average Bonchev–Trinajstić information content (AvgIpc) is 3.48. The lowest BCUT2D eigenvalue weighted by atomic mass is 9.83. The van der Waals surface area contributed by atoms with Crippen molar-refractivity contribution in [3.05, 3.63) is 96.9 Å². The number of rotatable bonds is 8. The standard InChI is InChI=1S/C32H26BrN3O8S2/c1-3-44-31(41)16-4-9-19(10-5-16)34-23(38)15-35-30-27(46-32(35)42)24(17-6-13-21(37)22(14-17)43-2)25-26(45-30)29(40)36(28(25)39)20-11-7-18(33)8-12-20/h4-14,24-26,37H,3,15H2,1-2H3,(H,34,38). The van der Waals surface area contributed by atoms with Crippen LogP contribution >= 0.6 is 39.0 Å². The van der Waals surface area contributed by atoms with Gasteiger partial charge in [-0.2, -0.15) is 0 Å². The molecule has 0 bridgehead atoms. The number of amides is 3. The topological polar surface area (TPSA) is 144 Å². The van der Waals surface area contributed by atoms with E-state index in [4.69, 9.17) is 9.47 Å². The number of anilines is 2. The van der Waals surface area contributed by atoms with Crippen LogP contribution in [-0.2, 0) is 25.7 Å². The number of carbonyl (C=O) groups is 4. The molecule has 3 aromatic carbocycles. The number of nitrogens with one attached hydrogen (secondary N) is 1. The summed E-state index contributed by atoms with van der Waals surface area (Å²) >= 11 is 5.39. The van der Waals surface area contributed by atoms with Crippen LogP contribution in [0.1, 0.15) is 33.6 Å². The number of halogens is 1. The summed E-state index contributed by atoms with van der Waals surface area (Å²) in [6.45, 7) is 1.59. The summed E-state index contributed by atoms with van der Waals surface area (Å²) in [4.78, 5) is 67.8. The molecule has 2 N–H and O–H groups in total. The molecule has 0 radical (unpaired) electrons. The van der Waals surface area contributed by atoms with Gasteiger partial charge in [0.05, 0.1) is 35.9 Å². The smallest absolute Gasteiger partial charge is 0.338 e. The maximum absolute atomic E-state index is 14.1. The van der Waals surface area contributed by atoms with Gasteiger partial charge in [0.15, 0.2) is 11.5 Å². The van der Waals surface area contributed by atoms with Crippen LogP contribution in [0.15, 0.2) is 81.0 Å². The Morgan fingerprint density at radius 3 is 2.39 bits per heavy atom. The van der Waals surface area contributed by atoms with Crippen molar-refractivity contribution in [3.8, 4) is 11.5 Å². The number of nitrogens with zero attached hydrogens (tertiary/aromatic N) is 2. The first kappa shape index (κ1) is 31.6. The highest BCUT2D eigenvalue weighted by atomic mass is 79.9. The van der Waals surface area contributed by atoms with E-state index >= 15 is 0 Å². The molecule has 46 heavy (non-hydrogen) atoms. The van der Waals surface area contributed by atoms with Crippen molar-refractivity contribution in [1.82, 2.24) is 4.57 Å². The highest BCUT2D eigenvalue weighted by Gasteiger charge is 2.57. The number of aromatic nitrogens is 1. The van der Waals surface area contributed by atoms with E-state index in [0.29, 0.717) is 32.4 Å². The van der Waals surface area contributed by atoms with Gasteiger partial charge in [0, 0.05) is 21.0 Å². The Morgan fingerprint density at radius 2 is 1.72 bits per heavy atom. The SMILES string of the molecule is CCOC(=O)c1ccc(NC(=O)Cn2c3c(sc2=O)C(c2ccc(O)c(OC)c2)C2C(=O)N(c4ccc(Br)cc4)C(=O)C2S3)cc1. The van der Waals surface area contributed by atoms with Gasteiger partial charge in [0.25, 0.3) is 0 Å². The van der Waals surface area contributed by atoms with E-state index in [9.17, 15) is 29.1 Å². The number of thioether (sulfide) groups is 1. The van der Waals surface area contributed by atoms with Crippen LogP contribution in [0.2, 0.25) is 0 Å². The van der Waals surface area contributed by atoms with Gasteiger partial charge in [0.1, 0.15) is 11.8 Å². The second kappa shape index (κ2) is 12.8. The molecule has 0 aliphatic carbocycles. The molecule has 4 aromatic rings. The Hall–Kier alpha value is -4.40. The number of ether oxygens (including phenoxy) is 2. The number of hydrogen-bond acceptors (Lipinski definition) is 10. The van der Waals surface area contributed by atoms with Crippen LogP contribution in [0.25, 0.3) is 0 Å². The number of carbonyl (C=O) groups excluding carboxylic acids is 4. The van der Waals surface area contributed by atoms with Crippen LogP contribution < -0.4 is 19.8 Å². The normalized spacial score (nSPS) is 18.6. The van der Waals surface area contributed by atoms with E-state index in [1.54, 1.807) is 55.5 Å². The molecular formula is C32H26BrN3O8S2. The van der Waals surface area contributed by atoms with Crippen LogP contribution in [0.5, 0.6) is 11.5 Å². The lowest BCUT2D eigenvalue weighted by Gasteiger charge is -2.31. The Kier molecular flexibility index (Phi) is 8.77. The lowest BCUT2D eigenvalue weighted by molar-refractivity contribution is -0.122. The number of benzene rings is 3. The van der Waals surface area contributed by atoms with Crippen LogP contribution in [0.4, 0.5) is 11.4 Å². The third kappa shape index (κ3) is 5.72. The van der Waals surface area contributed by atoms with Gasteiger partial charge >= 0.3 is 10.8 Å². The van der Waals surface area contributed by atoms with E-state index in [-0.39, 0.29) is 24.7 Å². The maximum Gasteiger partial charge on any atom is 0.338 e. The zero-order valence-corrected chi connectivity index (χ0v) is 27.6. The van der Waals surface area contributed by atoms with E-state index in [1.807, 2.05) is 0 Å². The summed E-state index contributed by atoms with van der Waals surface area (Å²) < 4.78 is 12.4. The molecular weight excluding hydrogens is 698 g/mol. The Morgan fingerprint density at radius 1 is 1.00 bits per heavy atom. The number of phenolic OH excluding ortho intramolecular Hbond substituents is 1.